The summed E-state index contributed by atoms with van der Waals surface area (Å²) >= 11 is 1.56. The Morgan fingerprint density at radius 3 is 2.82 bits per heavy atom. The average Bonchev–Trinajstić information content (AvgIpc) is 3.62. The molecule has 34 heavy (non-hydrogen) atoms. The quantitative estimate of drug-likeness (QED) is 0.341. The number of para-hydroxylation sites is 1. The lowest BCUT2D eigenvalue weighted by Gasteiger charge is -2.08. The number of carbonyl (C=O) groups is 2. The van der Waals surface area contributed by atoms with Crippen molar-refractivity contribution in [1.29, 1.82) is 0 Å². The number of nitrogens with zero attached hydrogens (tertiary/aromatic N) is 3. The summed E-state index contributed by atoms with van der Waals surface area (Å²) in [5.74, 6) is 0.911. The van der Waals surface area contributed by atoms with Crippen molar-refractivity contribution in [1.82, 2.24) is 19.9 Å². The third kappa shape index (κ3) is 5.05. The first-order valence-corrected chi connectivity index (χ1v) is 11.5. The summed E-state index contributed by atoms with van der Waals surface area (Å²) in [6.07, 6.45) is 5.45. The fraction of sp³-hybridized carbons (Fsp3) is 0.120. The molecule has 9 heteroatoms. The van der Waals surface area contributed by atoms with Gasteiger partial charge in [0.25, 0.3) is 5.91 Å². The van der Waals surface area contributed by atoms with Crippen LogP contribution in [0.5, 0.6) is 0 Å². The minimum atomic E-state index is -0.257. The Morgan fingerprint density at radius 2 is 1.97 bits per heavy atom. The third-order valence-corrected chi connectivity index (χ3v) is 6.21. The zero-order chi connectivity index (χ0) is 23.3. The van der Waals surface area contributed by atoms with Gasteiger partial charge in [0.05, 0.1) is 23.1 Å². The van der Waals surface area contributed by atoms with Gasteiger partial charge in [0.2, 0.25) is 5.91 Å². The molecular formula is C25H21N5O3S. The molecule has 5 rings (SSSR count). The van der Waals surface area contributed by atoms with E-state index in [0.717, 1.165) is 15.2 Å². The molecule has 0 spiro atoms. The van der Waals surface area contributed by atoms with Crippen LogP contribution in [0.4, 0.5) is 5.69 Å². The highest BCUT2D eigenvalue weighted by molar-refractivity contribution is 7.21. The first kappa shape index (κ1) is 21.6. The number of fused-ring (bicyclic) bond motifs is 1. The summed E-state index contributed by atoms with van der Waals surface area (Å²) in [5, 5.41) is 6.49. The number of benzene rings is 2. The molecule has 0 atom stereocenters. The molecule has 5 aromatic rings. The van der Waals surface area contributed by atoms with Crippen LogP contribution in [0.25, 0.3) is 21.0 Å². The molecule has 8 nitrogen and oxygen atoms in total. The van der Waals surface area contributed by atoms with Crippen LogP contribution in [-0.2, 0) is 17.9 Å². The predicted octanol–water partition coefficient (Wildman–Crippen LogP) is 4.71. The van der Waals surface area contributed by atoms with E-state index in [0.29, 0.717) is 35.7 Å². The number of aryl methyl sites for hydroxylation is 1. The number of amides is 2. The highest BCUT2D eigenvalue weighted by Crippen LogP contribution is 2.31. The van der Waals surface area contributed by atoms with Crippen LogP contribution in [0, 0.1) is 0 Å². The zero-order valence-electron chi connectivity index (χ0n) is 18.1. The normalized spacial score (nSPS) is 10.9. The van der Waals surface area contributed by atoms with Crippen LogP contribution >= 0.6 is 11.3 Å². The van der Waals surface area contributed by atoms with Crippen LogP contribution in [0.2, 0.25) is 0 Å². The van der Waals surface area contributed by atoms with Crippen molar-refractivity contribution >= 4 is 39.1 Å². The Hall–Kier alpha value is -4.24. The van der Waals surface area contributed by atoms with Gasteiger partial charge in [-0.05, 0) is 42.5 Å². The number of rotatable bonds is 8. The molecule has 0 aliphatic rings. The Labute approximate surface area is 199 Å². The smallest absolute Gasteiger partial charge is 0.251 e. The molecule has 3 aromatic heterocycles. The highest BCUT2D eigenvalue weighted by Gasteiger charge is 2.12. The second-order valence-electron chi connectivity index (χ2n) is 7.61. The van der Waals surface area contributed by atoms with E-state index in [-0.39, 0.29) is 18.4 Å². The summed E-state index contributed by atoms with van der Waals surface area (Å²) in [5.41, 5.74) is 1.95. The second-order valence-corrected chi connectivity index (χ2v) is 8.65. The number of anilines is 1. The van der Waals surface area contributed by atoms with E-state index in [9.17, 15) is 9.59 Å². The van der Waals surface area contributed by atoms with E-state index in [2.05, 4.69) is 20.6 Å². The molecule has 0 bridgehead atoms. The molecule has 0 saturated carbocycles. The molecule has 2 N–H and O–H groups in total. The second kappa shape index (κ2) is 9.72. The maximum absolute atomic E-state index is 12.6. The Bertz CT molecular complexity index is 1400. The molecule has 2 amide bonds. The monoisotopic (exact) mass is 471 g/mol. The van der Waals surface area contributed by atoms with E-state index < -0.39 is 0 Å². The summed E-state index contributed by atoms with van der Waals surface area (Å²) in [6.45, 7) is 0.777. The lowest BCUT2D eigenvalue weighted by molar-refractivity contribution is -0.116. The summed E-state index contributed by atoms with van der Waals surface area (Å²) < 4.78 is 8.82. The average molecular weight is 472 g/mol. The molecule has 170 valence electrons. The van der Waals surface area contributed by atoms with E-state index in [1.165, 1.54) is 0 Å². The van der Waals surface area contributed by atoms with Gasteiger partial charge in [0, 0.05) is 36.6 Å². The van der Waals surface area contributed by atoms with Crippen LogP contribution in [0.1, 0.15) is 22.5 Å². The number of furan rings is 1. The third-order valence-electron chi connectivity index (χ3n) is 5.15. The maximum Gasteiger partial charge on any atom is 0.251 e. The summed E-state index contributed by atoms with van der Waals surface area (Å²) in [4.78, 5) is 33.4. The lowest BCUT2D eigenvalue weighted by atomic mass is 10.2. The Kier molecular flexibility index (Phi) is 6.17. The SMILES string of the molecule is O=C(CCn1ccnc1)Nc1cccc(C(=O)NCc2ccc(-c3nc4ccccc4s3)o2)c1. The highest BCUT2D eigenvalue weighted by atomic mass is 32.1. The fourth-order valence-electron chi connectivity index (χ4n) is 3.45. The number of thiazole rings is 1. The van der Waals surface area contributed by atoms with Crippen molar-refractivity contribution in [2.24, 2.45) is 0 Å². The summed E-state index contributed by atoms with van der Waals surface area (Å²) in [6, 6.07) is 18.5. The fourth-order valence-corrected chi connectivity index (χ4v) is 4.37. The molecule has 0 aliphatic heterocycles. The summed E-state index contributed by atoms with van der Waals surface area (Å²) in [7, 11) is 0. The zero-order valence-corrected chi connectivity index (χ0v) is 18.9. The topological polar surface area (TPSA) is 102 Å². The standard InChI is InChI=1S/C25H21N5O3S/c31-23(10-12-30-13-11-26-16-30)28-18-5-3-4-17(14-18)24(32)27-15-19-8-9-21(33-19)25-29-20-6-1-2-7-22(20)34-25/h1-9,11,13-14,16H,10,12,15H2,(H,27,32)(H,28,31). The molecule has 3 heterocycles. The van der Waals surface area contributed by atoms with Crippen molar-refractivity contribution in [2.75, 3.05) is 5.32 Å². The van der Waals surface area contributed by atoms with Gasteiger partial charge < -0.3 is 19.6 Å². The van der Waals surface area contributed by atoms with E-state index in [4.69, 9.17) is 4.42 Å². The minimum absolute atomic E-state index is 0.135. The number of imidazole rings is 1. The van der Waals surface area contributed by atoms with Crippen LogP contribution in [-0.4, -0.2) is 26.3 Å². The van der Waals surface area contributed by atoms with Crippen molar-refractivity contribution < 1.29 is 14.0 Å². The lowest BCUT2D eigenvalue weighted by Crippen LogP contribution is -2.22. The molecule has 0 fully saturated rings. The van der Waals surface area contributed by atoms with Crippen molar-refractivity contribution in [3.05, 3.63) is 90.7 Å². The molecule has 0 saturated heterocycles. The molecule has 2 aromatic carbocycles. The largest absolute Gasteiger partial charge is 0.457 e. The first-order chi connectivity index (χ1) is 16.6. The Balaban J connectivity index is 1.17. The van der Waals surface area contributed by atoms with Crippen LogP contribution in [0.15, 0.2) is 83.8 Å². The maximum atomic E-state index is 12.6. The predicted molar refractivity (Wildman–Crippen MR) is 130 cm³/mol. The van der Waals surface area contributed by atoms with Gasteiger partial charge in [0.1, 0.15) is 5.76 Å². The van der Waals surface area contributed by atoms with Crippen molar-refractivity contribution in [3.8, 4) is 10.8 Å². The van der Waals surface area contributed by atoms with Gasteiger partial charge >= 0.3 is 0 Å². The van der Waals surface area contributed by atoms with Crippen molar-refractivity contribution in [3.63, 3.8) is 0 Å². The molecule has 0 unspecified atom stereocenters. The minimum Gasteiger partial charge on any atom is -0.457 e. The molecule has 0 aliphatic carbocycles. The van der Waals surface area contributed by atoms with Gasteiger partial charge in [-0.25, -0.2) is 9.97 Å². The van der Waals surface area contributed by atoms with E-state index in [1.807, 2.05) is 41.0 Å². The van der Waals surface area contributed by atoms with Crippen LogP contribution < -0.4 is 10.6 Å². The number of nitrogens with one attached hydrogen (secondary N) is 2. The number of aromatic nitrogens is 3. The number of hydrogen-bond acceptors (Lipinski definition) is 6. The van der Waals surface area contributed by atoms with E-state index >= 15 is 0 Å². The number of carbonyl (C=O) groups excluding carboxylic acids is 2. The molecule has 0 radical (unpaired) electrons. The Morgan fingerprint density at radius 1 is 1.06 bits per heavy atom. The van der Waals surface area contributed by atoms with Gasteiger partial charge in [-0.15, -0.1) is 11.3 Å². The van der Waals surface area contributed by atoms with Gasteiger partial charge in [0.15, 0.2) is 10.8 Å². The van der Waals surface area contributed by atoms with Crippen LogP contribution in [0.3, 0.4) is 0 Å². The van der Waals surface area contributed by atoms with Gasteiger partial charge in [-0.1, -0.05) is 18.2 Å². The van der Waals surface area contributed by atoms with Gasteiger partial charge in [-0.2, -0.15) is 0 Å². The van der Waals surface area contributed by atoms with Gasteiger partial charge in [-0.3, -0.25) is 9.59 Å². The first-order valence-electron chi connectivity index (χ1n) is 10.7. The molecular weight excluding hydrogens is 450 g/mol. The van der Waals surface area contributed by atoms with E-state index in [1.54, 1.807) is 54.3 Å². The van der Waals surface area contributed by atoms with Crippen molar-refractivity contribution in [2.45, 2.75) is 19.5 Å². The number of hydrogen-bond donors (Lipinski definition) is 2.